The number of nitro groups is 2. The molecule has 182 valence electrons. The lowest BCUT2D eigenvalue weighted by Gasteiger charge is -2.08. The van der Waals surface area contributed by atoms with Crippen molar-refractivity contribution in [1.29, 1.82) is 0 Å². The summed E-state index contributed by atoms with van der Waals surface area (Å²) < 4.78 is 5.22. The van der Waals surface area contributed by atoms with E-state index in [1.807, 2.05) is 0 Å². The van der Waals surface area contributed by atoms with Crippen LogP contribution in [-0.2, 0) is 4.79 Å². The zero-order valence-corrected chi connectivity index (χ0v) is 18.5. The summed E-state index contributed by atoms with van der Waals surface area (Å²) in [6.45, 7) is 1.35. The van der Waals surface area contributed by atoms with Crippen molar-refractivity contribution in [2.45, 2.75) is 6.92 Å². The molecule has 0 bridgehead atoms. The topological polar surface area (TPSA) is 183 Å². The molecule has 3 aromatic carbocycles. The highest BCUT2D eigenvalue weighted by Gasteiger charge is 2.22. The van der Waals surface area contributed by atoms with Crippen LogP contribution in [0.1, 0.15) is 33.2 Å². The Labute approximate surface area is 202 Å². The van der Waals surface area contributed by atoms with Crippen LogP contribution < -0.4 is 15.5 Å². The minimum Gasteiger partial charge on any atom is -0.415 e. The van der Waals surface area contributed by atoms with E-state index in [1.54, 1.807) is 0 Å². The summed E-state index contributed by atoms with van der Waals surface area (Å²) in [6.07, 6.45) is 1.06. The number of para-hydroxylation sites is 1. The summed E-state index contributed by atoms with van der Waals surface area (Å²) in [5.74, 6) is -2.28. The SMILES string of the molecule is CC(=O)Nc1ccc(C(=O)N/N=C/c2cccc([N+](=O)[O-])c2OC(=O)c2ccc([N+](=O)[O-])cc2)cc1. The number of non-ortho nitro benzene ring substituents is 1. The first-order valence-corrected chi connectivity index (χ1v) is 10.1. The monoisotopic (exact) mass is 491 g/mol. The molecule has 0 saturated carbocycles. The van der Waals surface area contributed by atoms with E-state index in [0.29, 0.717) is 5.69 Å². The van der Waals surface area contributed by atoms with Gasteiger partial charge in [0.05, 0.1) is 21.6 Å². The average Bonchev–Trinajstić information content (AvgIpc) is 2.84. The second kappa shape index (κ2) is 11.1. The van der Waals surface area contributed by atoms with Gasteiger partial charge in [-0.1, -0.05) is 6.07 Å². The van der Waals surface area contributed by atoms with Gasteiger partial charge in [0.1, 0.15) is 0 Å². The van der Waals surface area contributed by atoms with Crippen molar-refractivity contribution in [2.75, 3.05) is 5.32 Å². The molecule has 0 aromatic heterocycles. The zero-order chi connectivity index (χ0) is 26.2. The fraction of sp³-hybridized carbons (Fsp3) is 0.0435. The first kappa shape index (κ1) is 25.2. The number of nitrogens with zero attached hydrogens (tertiary/aromatic N) is 3. The van der Waals surface area contributed by atoms with Gasteiger partial charge in [0.2, 0.25) is 11.7 Å². The Morgan fingerprint density at radius 3 is 2.11 bits per heavy atom. The van der Waals surface area contributed by atoms with Crippen LogP contribution in [0.2, 0.25) is 0 Å². The molecular weight excluding hydrogens is 474 g/mol. The molecular formula is C23H17N5O8. The van der Waals surface area contributed by atoms with Crippen LogP contribution in [0.25, 0.3) is 0 Å². The van der Waals surface area contributed by atoms with Gasteiger partial charge in [-0.15, -0.1) is 0 Å². The van der Waals surface area contributed by atoms with E-state index in [1.165, 1.54) is 43.3 Å². The number of nitrogens with one attached hydrogen (secondary N) is 2. The van der Waals surface area contributed by atoms with Gasteiger partial charge in [0.15, 0.2) is 0 Å². The first-order chi connectivity index (χ1) is 17.2. The molecule has 0 aliphatic carbocycles. The summed E-state index contributed by atoms with van der Waals surface area (Å²) in [6, 6.07) is 14.3. The van der Waals surface area contributed by atoms with E-state index in [2.05, 4.69) is 15.8 Å². The molecule has 0 spiro atoms. The molecule has 0 atom stereocenters. The Morgan fingerprint density at radius 1 is 0.889 bits per heavy atom. The summed E-state index contributed by atoms with van der Waals surface area (Å²) in [5.41, 5.74) is 2.14. The normalized spacial score (nSPS) is 10.5. The Hall–Kier alpha value is -5.46. The van der Waals surface area contributed by atoms with Crippen LogP contribution in [0.4, 0.5) is 17.1 Å². The fourth-order valence-corrected chi connectivity index (χ4v) is 2.90. The van der Waals surface area contributed by atoms with Gasteiger partial charge in [-0.2, -0.15) is 5.10 Å². The zero-order valence-electron chi connectivity index (χ0n) is 18.5. The second-order valence-electron chi connectivity index (χ2n) is 7.10. The number of hydrogen-bond acceptors (Lipinski definition) is 9. The lowest BCUT2D eigenvalue weighted by atomic mass is 10.1. The van der Waals surface area contributed by atoms with Gasteiger partial charge in [-0.25, -0.2) is 10.2 Å². The maximum atomic E-state index is 12.5. The number of hydrazone groups is 1. The minimum absolute atomic E-state index is 0.0146. The highest BCUT2D eigenvalue weighted by atomic mass is 16.6. The van der Waals surface area contributed by atoms with Gasteiger partial charge in [-0.3, -0.25) is 29.8 Å². The average molecular weight is 491 g/mol. The molecule has 0 unspecified atom stereocenters. The number of hydrogen-bond donors (Lipinski definition) is 2. The third-order valence-corrected chi connectivity index (χ3v) is 4.57. The van der Waals surface area contributed by atoms with Crippen molar-refractivity contribution in [3.05, 3.63) is 104 Å². The maximum Gasteiger partial charge on any atom is 0.343 e. The van der Waals surface area contributed by atoms with Crippen LogP contribution in [0.5, 0.6) is 5.75 Å². The molecule has 0 fully saturated rings. The van der Waals surface area contributed by atoms with E-state index in [0.717, 1.165) is 36.5 Å². The summed E-state index contributed by atoms with van der Waals surface area (Å²) >= 11 is 0. The number of anilines is 1. The van der Waals surface area contributed by atoms with Crippen LogP contribution in [0.15, 0.2) is 71.8 Å². The van der Waals surface area contributed by atoms with Crippen molar-refractivity contribution >= 4 is 41.1 Å². The van der Waals surface area contributed by atoms with Gasteiger partial charge in [0, 0.05) is 41.9 Å². The molecule has 0 saturated heterocycles. The number of carbonyl (C=O) groups is 3. The standard InChI is InChI=1S/C23H17N5O8/c1-14(29)25-18-9-5-15(6-10-18)22(30)26-24-13-17-3-2-4-20(28(34)35)21(17)36-23(31)16-7-11-19(12-8-16)27(32)33/h2-13H,1H3,(H,25,29)(H,26,30)/b24-13+. The van der Waals surface area contributed by atoms with Gasteiger partial charge in [-0.05, 0) is 42.5 Å². The van der Waals surface area contributed by atoms with Crippen LogP contribution in [-0.4, -0.2) is 33.8 Å². The predicted octanol–water partition coefficient (Wildman–Crippen LogP) is 3.44. The fourth-order valence-electron chi connectivity index (χ4n) is 2.90. The number of carbonyl (C=O) groups excluding carboxylic acids is 3. The first-order valence-electron chi connectivity index (χ1n) is 10.1. The van der Waals surface area contributed by atoms with Crippen molar-refractivity contribution < 1.29 is 29.0 Å². The quantitative estimate of drug-likeness (QED) is 0.158. The number of benzene rings is 3. The lowest BCUT2D eigenvalue weighted by molar-refractivity contribution is -0.385. The van der Waals surface area contributed by atoms with Crippen molar-refractivity contribution in [3.63, 3.8) is 0 Å². The third kappa shape index (κ3) is 6.32. The Morgan fingerprint density at radius 2 is 1.53 bits per heavy atom. The highest BCUT2D eigenvalue weighted by Crippen LogP contribution is 2.31. The molecule has 0 radical (unpaired) electrons. The molecule has 13 heteroatoms. The Balaban J connectivity index is 1.78. The summed E-state index contributed by atoms with van der Waals surface area (Å²) in [7, 11) is 0. The largest absolute Gasteiger partial charge is 0.415 e. The van der Waals surface area contributed by atoms with Crippen molar-refractivity contribution in [2.24, 2.45) is 5.10 Å². The number of rotatable bonds is 8. The van der Waals surface area contributed by atoms with Crippen LogP contribution in [0.3, 0.4) is 0 Å². The van der Waals surface area contributed by atoms with E-state index in [-0.39, 0.29) is 28.3 Å². The molecule has 0 aliphatic heterocycles. The molecule has 2 N–H and O–H groups in total. The van der Waals surface area contributed by atoms with Gasteiger partial charge < -0.3 is 10.1 Å². The predicted molar refractivity (Wildman–Crippen MR) is 127 cm³/mol. The van der Waals surface area contributed by atoms with Gasteiger partial charge >= 0.3 is 11.7 Å². The third-order valence-electron chi connectivity index (χ3n) is 4.57. The minimum atomic E-state index is -0.989. The van der Waals surface area contributed by atoms with E-state index >= 15 is 0 Å². The molecule has 36 heavy (non-hydrogen) atoms. The number of ether oxygens (including phenoxy) is 1. The van der Waals surface area contributed by atoms with Crippen molar-refractivity contribution in [3.8, 4) is 5.75 Å². The van der Waals surface area contributed by atoms with Gasteiger partial charge in [0.25, 0.3) is 11.6 Å². The van der Waals surface area contributed by atoms with Crippen LogP contribution in [0, 0.1) is 20.2 Å². The summed E-state index contributed by atoms with van der Waals surface area (Å²) in [5, 5.41) is 28.6. The van der Waals surface area contributed by atoms with Crippen molar-refractivity contribution in [1.82, 2.24) is 5.43 Å². The Bertz CT molecular complexity index is 1370. The smallest absolute Gasteiger partial charge is 0.343 e. The Kier molecular flexibility index (Phi) is 7.77. The van der Waals surface area contributed by atoms with E-state index in [9.17, 15) is 34.6 Å². The number of esters is 1. The van der Waals surface area contributed by atoms with E-state index < -0.39 is 33.2 Å². The highest BCUT2D eigenvalue weighted by molar-refractivity contribution is 5.97. The second-order valence-corrected chi connectivity index (χ2v) is 7.10. The summed E-state index contributed by atoms with van der Waals surface area (Å²) in [4.78, 5) is 56.8. The molecule has 13 nitrogen and oxygen atoms in total. The van der Waals surface area contributed by atoms with E-state index in [4.69, 9.17) is 4.74 Å². The molecule has 2 amide bonds. The van der Waals surface area contributed by atoms with Crippen LogP contribution >= 0.6 is 0 Å². The maximum absolute atomic E-state index is 12.5. The molecule has 0 heterocycles. The molecule has 0 aliphatic rings. The number of amides is 2. The lowest BCUT2D eigenvalue weighted by Crippen LogP contribution is -2.18. The molecule has 3 rings (SSSR count). The number of nitro benzene ring substituents is 2. The molecule has 3 aromatic rings.